The molecule has 2 aromatic rings. The topological polar surface area (TPSA) is 75.7 Å². The molecule has 0 unspecified atom stereocenters. The SMILES string of the molecule is CCNC(=O)c1ccc(CN(C)S(=O)(=O)c2ccc(OC)cc2)cc1. The van der Waals surface area contributed by atoms with Crippen molar-refractivity contribution in [1.82, 2.24) is 9.62 Å². The van der Waals surface area contributed by atoms with E-state index in [1.165, 1.54) is 30.6 Å². The second-order valence-corrected chi connectivity index (χ2v) is 7.54. The van der Waals surface area contributed by atoms with Crippen molar-refractivity contribution in [3.05, 3.63) is 59.7 Å². The molecule has 0 radical (unpaired) electrons. The van der Waals surface area contributed by atoms with E-state index in [1.54, 1.807) is 36.4 Å². The smallest absolute Gasteiger partial charge is 0.251 e. The molecule has 0 spiro atoms. The minimum atomic E-state index is -3.60. The van der Waals surface area contributed by atoms with Crippen molar-refractivity contribution < 1.29 is 17.9 Å². The highest BCUT2D eigenvalue weighted by Crippen LogP contribution is 2.20. The first-order chi connectivity index (χ1) is 11.9. The van der Waals surface area contributed by atoms with Crippen LogP contribution in [0.3, 0.4) is 0 Å². The highest BCUT2D eigenvalue weighted by atomic mass is 32.2. The van der Waals surface area contributed by atoms with Crippen molar-refractivity contribution in [1.29, 1.82) is 0 Å². The number of amides is 1. The molecule has 25 heavy (non-hydrogen) atoms. The molecule has 0 aliphatic carbocycles. The molecule has 0 saturated heterocycles. The van der Waals surface area contributed by atoms with Gasteiger partial charge in [-0.2, -0.15) is 4.31 Å². The summed E-state index contributed by atoms with van der Waals surface area (Å²) in [6, 6.07) is 13.1. The van der Waals surface area contributed by atoms with Gasteiger partial charge in [-0.05, 0) is 48.9 Å². The maximum atomic E-state index is 12.6. The van der Waals surface area contributed by atoms with Crippen LogP contribution in [-0.2, 0) is 16.6 Å². The van der Waals surface area contributed by atoms with E-state index in [-0.39, 0.29) is 17.3 Å². The number of nitrogens with one attached hydrogen (secondary N) is 1. The summed E-state index contributed by atoms with van der Waals surface area (Å²) in [5.74, 6) is 0.454. The second-order valence-electron chi connectivity index (χ2n) is 5.49. The molecule has 0 heterocycles. The van der Waals surface area contributed by atoms with E-state index in [9.17, 15) is 13.2 Å². The summed E-state index contributed by atoms with van der Waals surface area (Å²) in [5, 5.41) is 2.72. The van der Waals surface area contributed by atoms with Gasteiger partial charge in [-0.15, -0.1) is 0 Å². The van der Waals surface area contributed by atoms with E-state index in [4.69, 9.17) is 4.74 Å². The number of ether oxygens (including phenoxy) is 1. The zero-order valence-electron chi connectivity index (χ0n) is 14.5. The van der Waals surface area contributed by atoms with Crippen LogP contribution in [0.25, 0.3) is 0 Å². The zero-order chi connectivity index (χ0) is 18.4. The summed E-state index contributed by atoms with van der Waals surface area (Å²) in [6.07, 6.45) is 0. The summed E-state index contributed by atoms with van der Waals surface area (Å²) in [4.78, 5) is 12.0. The van der Waals surface area contributed by atoms with Crippen molar-refractivity contribution in [2.24, 2.45) is 0 Å². The Balaban J connectivity index is 2.11. The van der Waals surface area contributed by atoms with Crippen molar-refractivity contribution in [2.45, 2.75) is 18.4 Å². The molecule has 6 nitrogen and oxygen atoms in total. The molecule has 2 rings (SSSR count). The van der Waals surface area contributed by atoms with Gasteiger partial charge in [0.25, 0.3) is 5.91 Å². The third-order valence-corrected chi connectivity index (χ3v) is 5.54. The Morgan fingerprint density at radius 1 is 1.08 bits per heavy atom. The van der Waals surface area contributed by atoms with Crippen molar-refractivity contribution in [2.75, 3.05) is 20.7 Å². The maximum absolute atomic E-state index is 12.6. The van der Waals surface area contributed by atoms with Gasteiger partial charge in [0.15, 0.2) is 0 Å². The molecule has 0 aliphatic heterocycles. The molecule has 0 fully saturated rings. The molecule has 134 valence electrons. The molecule has 0 atom stereocenters. The molecule has 7 heteroatoms. The van der Waals surface area contributed by atoms with Gasteiger partial charge in [0.1, 0.15) is 5.75 Å². The Morgan fingerprint density at radius 3 is 2.20 bits per heavy atom. The van der Waals surface area contributed by atoms with Crippen LogP contribution in [-0.4, -0.2) is 39.3 Å². The van der Waals surface area contributed by atoms with E-state index in [0.717, 1.165) is 5.56 Å². The van der Waals surface area contributed by atoms with Gasteiger partial charge in [-0.3, -0.25) is 4.79 Å². The van der Waals surface area contributed by atoms with Crippen LogP contribution in [0.5, 0.6) is 5.75 Å². The number of hydrogen-bond donors (Lipinski definition) is 1. The van der Waals surface area contributed by atoms with Gasteiger partial charge in [-0.1, -0.05) is 12.1 Å². The van der Waals surface area contributed by atoms with Gasteiger partial charge < -0.3 is 10.1 Å². The predicted molar refractivity (Wildman–Crippen MR) is 96.1 cm³/mol. The summed E-state index contributed by atoms with van der Waals surface area (Å²) in [7, 11) is -0.546. The van der Waals surface area contributed by atoms with Crippen LogP contribution < -0.4 is 10.1 Å². The molecule has 0 saturated carbocycles. The lowest BCUT2D eigenvalue weighted by molar-refractivity contribution is 0.0956. The lowest BCUT2D eigenvalue weighted by Crippen LogP contribution is -2.26. The number of carbonyl (C=O) groups is 1. The first-order valence-electron chi connectivity index (χ1n) is 7.86. The first-order valence-corrected chi connectivity index (χ1v) is 9.30. The maximum Gasteiger partial charge on any atom is 0.251 e. The van der Waals surface area contributed by atoms with E-state index in [0.29, 0.717) is 17.9 Å². The van der Waals surface area contributed by atoms with Crippen LogP contribution in [0.1, 0.15) is 22.8 Å². The Kier molecular flexibility index (Phi) is 6.17. The largest absolute Gasteiger partial charge is 0.497 e. The van der Waals surface area contributed by atoms with Crippen LogP contribution in [0, 0.1) is 0 Å². The highest BCUT2D eigenvalue weighted by Gasteiger charge is 2.21. The van der Waals surface area contributed by atoms with Crippen LogP contribution >= 0.6 is 0 Å². The number of benzene rings is 2. The standard InChI is InChI=1S/C18H22N2O4S/c1-4-19-18(21)15-7-5-14(6-8-15)13-20(2)25(22,23)17-11-9-16(24-3)10-12-17/h5-12H,4,13H2,1-3H3,(H,19,21). The molecule has 1 amide bonds. The average Bonchev–Trinajstić information content (AvgIpc) is 2.62. The Labute approximate surface area is 148 Å². The molecule has 1 N–H and O–H groups in total. The van der Waals surface area contributed by atoms with Gasteiger partial charge in [-0.25, -0.2) is 8.42 Å². The normalized spacial score (nSPS) is 11.4. The van der Waals surface area contributed by atoms with Crippen LogP contribution in [0.4, 0.5) is 0 Å². The molecule has 0 aromatic heterocycles. The van der Waals surface area contributed by atoms with Gasteiger partial charge >= 0.3 is 0 Å². The third kappa shape index (κ3) is 4.58. The second kappa shape index (κ2) is 8.13. The Bertz CT molecular complexity index is 815. The summed E-state index contributed by atoms with van der Waals surface area (Å²) in [5.41, 5.74) is 1.35. The minimum absolute atomic E-state index is 0.145. The molecular weight excluding hydrogens is 340 g/mol. The summed E-state index contributed by atoms with van der Waals surface area (Å²) in [6.45, 7) is 2.62. The lowest BCUT2D eigenvalue weighted by atomic mass is 10.1. The number of carbonyl (C=O) groups excluding carboxylic acids is 1. The van der Waals surface area contributed by atoms with Gasteiger partial charge in [0.2, 0.25) is 10.0 Å². The molecule has 2 aromatic carbocycles. The summed E-state index contributed by atoms with van der Waals surface area (Å²) < 4.78 is 31.6. The average molecular weight is 362 g/mol. The van der Waals surface area contributed by atoms with Crippen molar-refractivity contribution in [3.63, 3.8) is 0 Å². The van der Waals surface area contributed by atoms with Gasteiger partial charge in [0, 0.05) is 25.7 Å². The number of nitrogens with zero attached hydrogens (tertiary/aromatic N) is 1. The lowest BCUT2D eigenvalue weighted by Gasteiger charge is -2.17. The third-order valence-electron chi connectivity index (χ3n) is 3.73. The predicted octanol–water partition coefficient (Wildman–Crippen LogP) is 2.27. The van der Waals surface area contributed by atoms with Gasteiger partial charge in [0.05, 0.1) is 12.0 Å². The monoisotopic (exact) mass is 362 g/mol. The fourth-order valence-electron chi connectivity index (χ4n) is 2.29. The van der Waals surface area contributed by atoms with Crippen LogP contribution in [0.2, 0.25) is 0 Å². The fraction of sp³-hybridized carbons (Fsp3) is 0.278. The Hall–Kier alpha value is -2.38. The number of hydrogen-bond acceptors (Lipinski definition) is 4. The Morgan fingerprint density at radius 2 is 1.68 bits per heavy atom. The number of methoxy groups -OCH3 is 1. The highest BCUT2D eigenvalue weighted by molar-refractivity contribution is 7.89. The summed E-state index contributed by atoms with van der Waals surface area (Å²) >= 11 is 0. The first kappa shape index (κ1) is 19.0. The fourth-order valence-corrected chi connectivity index (χ4v) is 3.45. The van der Waals surface area contributed by atoms with E-state index in [1.807, 2.05) is 6.92 Å². The number of sulfonamides is 1. The number of rotatable bonds is 7. The van der Waals surface area contributed by atoms with E-state index in [2.05, 4.69) is 5.32 Å². The molecule has 0 bridgehead atoms. The zero-order valence-corrected chi connectivity index (χ0v) is 15.3. The van der Waals surface area contributed by atoms with Crippen LogP contribution in [0.15, 0.2) is 53.4 Å². The van der Waals surface area contributed by atoms with E-state index >= 15 is 0 Å². The van der Waals surface area contributed by atoms with Crippen molar-refractivity contribution >= 4 is 15.9 Å². The molecular formula is C18H22N2O4S. The van der Waals surface area contributed by atoms with Crippen molar-refractivity contribution in [3.8, 4) is 5.75 Å². The minimum Gasteiger partial charge on any atom is -0.497 e. The molecule has 0 aliphatic rings. The van der Waals surface area contributed by atoms with E-state index < -0.39 is 10.0 Å². The quantitative estimate of drug-likeness (QED) is 0.820.